The van der Waals surface area contributed by atoms with Crippen molar-refractivity contribution >= 4 is 5.78 Å². The summed E-state index contributed by atoms with van der Waals surface area (Å²) in [5, 5.41) is 0. The third-order valence-electron chi connectivity index (χ3n) is 1.98. The molecule has 0 bridgehead atoms. The fraction of sp³-hybridized carbons (Fsp3) is 0.133. The zero-order valence-electron chi connectivity index (χ0n) is 9.93. The number of rotatable bonds is 6. The largest absolute Gasteiger partial charge is 0.457 e. The number of ether oxygens (including phenoxy) is 1. The van der Waals surface area contributed by atoms with E-state index in [-0.39, 0.29) is 5.78 Å². The predicted octanol–water partition coefficient (Wildman–Crippen LogP) is 3.67. The lowest BCUT2D eigenvalue weighted by atomic mass is 10.3. The first kappa shape index (κ1) is 13.0. The van der Waals surface area contributed by atoms with E-state index in [1.807, 2.05) is 30.3 Å². The lowest BCUT2D eigenvalue weighted by Gasteiger charge is -2.04. The number of para-hydroxylation sites is 1. The Hall–Kier alpha value is -2.09. The van der Waals surface area contributed by atoms with Crippen LogP contribution in [0.1, 0.15) is 13.3 Å². The van der Waals surface area contributed by atoms with Crippen LogP contribution in [0.15, 0.2) is 67.0 Å². The van der Waals surface area contributed by atoms with Crippen LogP contribution in [0.4, 0.5) is 0 Å². The van der Waals surface area contributed by atoms with Crippen molar-refractivity contribution < 1.29 is 9.53 Å². The van der Waals surface area contributed by atoms with Crippen LogP contribution >= 0.6 is 0 Å². The Kier molecular flexibility index (Phi) is 5.52. The van der Waals surface area contributed by atoms with Gasteiger partial charge in [0, 0.05) is 6.42 Å². The van der Waals surface area contributed by atoms with E-state index in [1.54, 1.807) is 31.2 Å². The summed E-state index contributed by atoms with van der Waals surface area (Å²) in [5.74, 6) is 1.55. The first-order chi connectivity index (χ1) is 8.22. The van der Waals surface area contributed by atoms with Gasteiger partial charge in [0.05, 0.1) is 0 Å². The second kappa shape index (κ2) is 7.23. The molecule has 0 spiro atoms. The monoisotopic (exact) mass is 228 g/mol. The maximum atomic E-state index is 10.7. The van der Waals surface area contributed by atoms with Crippen LogP contribution in [-0.2, 0) is 4.79 Å². The fourth-order valence-electron chi connectivity index (χ4n) is 1.17. The maximum absolute atomic E-state index is 10.7. The number of carbonyl (C=O) groups is 1. The molecule has 2 nitrogen and oxygen atoms in total. The molecule has 0 aliphatic rings. The first-order valence-electron chi connectivity index (χ1n) is 5.44. The molecule has 0 atom stereocenters. The molecular weight excluding hydrogens is 212 g/mol. The Bertz CT molecular complexity index is 427. The molecule has 0 saturated heterocycles. The van der Waals surface area contributed by atoms with Gasteiger partial charge in [0.1, 0.15) is 17.3 Å². The van der Waals surface area contributed by atoms with Crippen molar-refractivity contribution in [3.63, 3.8) is 0 Å². The molecule has 1 aromatic carbocycles. The van der Waals surface area contributed by atoms with Crippen molar-refractivity contribution in [2.75, 3.05) is 0 Å². The number of hydrogen-bond acceptors (Lipinski definition) is 2. The molecule has 17 heavy (non-hydrogen) atoms. The molecule has 0 N–H and O–H groups in total. The van der Waals surface area contributed by atoms with E-state index in [9.17, 15) is 4.79 Å². The van der Waals surface area contributed by atoms with Gasteiger partial charge in [-0.1, -0.05) is 36.9 Å². The topological polar surface area (TPSA) is 26.3 Å². The molecule has 0 aromatic heterocycles. The van der Waals surface area contributed by atoms with E-state index < -0.39 is 0 Å². The number of allylic oxidation sites excluding steroid dienone is 4. The smallest absolute Gasteiger partial charge is 0.133 e. The zero-order valence-corrected chi connectivity index (χ0v) is 9.93. The van der Waals surface area contributed by atoms with E-state index in [1.165, 1.54) is 0 Å². The van der Waals surface area contributed by atoms with Gasteiger partial charge in [0.25, 0.3) is 0 Å². The molecule has 0 aliphatic heterocycles. The van der Waals surface area contributed by atoms with Crippen molar-refractivity contribution in [1.82, 2.24) is 0 Å². The molecule has 0 unspecified atom stereocenters. The van der Waals surface area contributed by atoms with E-state index in [0.717, 1.165) is 5.75 Å². The number of hydrogen-bond donors (Lipinski definition) is 0. The quantitative estimate of drug-likeness (QED) is 0.548. The van der Waals surface area contributed by atoms with Crippen molar-refractivity contribution in [1.29, 1.82) is 0 Å². The summed E-state index contributed by atoms with van der Waals surface area (Å²) in [5.41, 5.74) is 0. The highest BCUT2D eigenvalue weighted by atomic mass is 16.5. The van der Waals surface area contributed by atoms with Gasteiger partial charge in [-0.15, -0.1) is 0 Å². The molecule has 0 fully saturated rings. The van der Waals surface area contributed by atoms with Crippen LogP contribution in [0.2, 0.25) is 0 Å². The molecule has 0 amide bonds. The lowest BCUT2D eigenvalue weighted by Crippen LogP contribution is -1.90. The van der Waals surface area contributed by atoms with Gasteiger partial charge in [-0.3, -0.25) is 4.79 Å². The van der Waals surface area contributed by atoms with Crippen molar-refractivity contribution in [2.45, 2.75) is 13.3 Å². The highest BCUT2D eigenvalue weighted by molar-refractivity contribution is 5.77. The van der Waals surface area contributed by atoms with Gasteiger partial charge < -0.3 is 4.74 Å². The van der Waals surface area contributed by atoms with Crippen LogP contribution in [0, 0.1) is 0 Å². The van der Waals surface area contributed by atoms with Crippen LogP contribution in [0.3, 0.4) is 0 Å². The Morgan fingerprint density at radius 3 is 2.65 bits per heavy atom. The number of benzene rings is 1. The fourth-order valence-corrected chi connectivity index (χ4v) is 1.17. The highest BCUT2D eigenvalue weighted by Crippen LogP contribution is 2.13. The second-order valence-electron chi connectivity index (χ2n) is 3.52. The van der Waals surface area contributed by atoms with Gasteiger partial charge in [0.15, 0.2) is 0 Å². The van der Waals surface area contributed by atoms with Crippen molar-refractivity contribution in [3.8, 4) is 5.75 Å². The first-order valence-corrected chi connectivity index (χ1v) is 5.44. The van der Waals surface area contributed by atoms with E-state index in [2.05, 4.69) is 6.58 Å². The summed E-state index contributed by atoms with van der Waals surface area (Å²) in [6, 6.07) is 9.48. The van der Waals surface area contributed by atoms with Crippen molar-refractivity contribution in [3.05, 3.63) is 67.0 Å². The van der Waals surface area contributed by atoms with E-state index >= 15 is 0 Å². The minimum Gasteiger partial charge on any atom is -0.457 e. The van der Waals surface area contributed by atoms with E-state index in [4.69, 9.17) is 4.74 Å². The summed E-state index contributed by atoms with van der Waals surface area (Å²) in [4.78, 5) is 10.7. The molecule has 0 heterocycles. The van der Waals surface area contributed by atoms with Crippen LogP contribution in [0.25, 0.3) is 0 Å². The maximum Gasteiger partial charge on any atom is 0.133 e. The summed E-state index contributed by atoms with van der Waals surface area (Å²) < 4.78 is 5.58. The van der Waals surface area contributed by atoms with Gasteiger partial charge in [-0.25, -0.2) is 0 Å². The molecule has 88 valence electrons. The Balaban J connectivity index is 2.59. The van der Waals surface area contributed by atoms with Gasteiger partial charge in [-0.2, -0.15) is 0 Å². The molecule has 0 aliphatic carbocycles. The normalized spacial score (nSPS) is 11.5. The van der Waals surface area contributed by atoms with Gasteiger partial charge in [-0.05, 0) is 31.2 Å². The molecule has 1 aromatic rings. The average Bonchev–Trinajstić information content (AvgIpc) is 2.34. The summed E-state index contributed by atoms with van der Waals surface area (Å²) in [6.45, 7) is 5.24. The van der Waals surface area contributed by atoms with Gasteiger partial charge in [0.2, 0.25) is 0 Å². The van der Waals surface area contributed by atoms with Crippen LogP contribution < -0.4 is 4.74 Å². The molecule has 0 saturated carbocycles. The number of carbonyl (C=O) groups excluding carboxylic acids is 1. The van der Waals surface area contributed by atoms with E-state index in [0.29, 0.717) is 12.2 Å². The SMILES string of the molecule is C=C/C(=C\C=C/CC(C)=O)Oc1ccccc1. The minimum atomic E-state index is 0.138. The minimum absolute atomic E-state index is 0.138. The Morgan fingerprint density at radius 2 is 2.06 bits per heavy atom. The van der Waals surface area contributed by atoms with Crippen LogP contribution in [0.5, 0.6) is 5.75 Å². The molecule has 2 heteroatoms. The highest BCUT2D eigenvalue weighted by Gasteiger charge is 1.93. The van der Waals surface area contributed by atoms with Crippen molar-refractivity contribution in [2.24, 2.45) is 0 Å². The molecular formula is C15H16O2. The summed E-state index contributed by atoms with van der Waals surface area (Å²) in [7, 11) is 0. The molecule has 0 radical (unpaired) electrons. The Labute approximate surface area is 102 Å². The summed E-state index contributed by atoms with van der Waals surface area (Å²) >= 11 is 0. The van der Waals surface area contributed by atoms with Gasteiger partial charge >= 0.3 is 0 Å². The predicted molar refractivity (Wildman–Crippen MR) is 69.8 cm³/mol. The number of Topliss-reactive ketones (excluding diaryl/α,β-unsaturated/α-hetero) is 1. The zero-order chi connectivity index (χ0) is 12.5. The third kappa shape index (κ3) is 5.52. The third-order valence-corrected chi connectivity index (χ3v) is 1.98. The second-order valence-corrected chi connectivity index (χ2v) is 3.52. The standard InChI is InChI=1S/C15H16O2/c1-3-14(10-8-7-9-13(2)16)17-15-11-5-4-6-12-15/h3-8,10-12H,1,9H2,2H3/b8-7-,14-10+. The number of ketones is 1. The Morgan fingerprint density at radius 1 is 1.35 bits per heavy atom. The lowest BCUT2D eigenvalue weighted by molar-refractivity contribution is -0.116. The molecule has 1 rings (SSSR count). The average molecular weight is 228 g/mol. The summed E-state index contributed by atoms with van der Waals surface area (Å²) in [6.07, 6.45) is 7.43. The van der Waals surface area contributed by atoms with Crippen LogP contribution in [-0.4, -0.2) is 5.78 Å².